The van der Waals surface area contributed by atoms with Crippen molar-refractivity contribution < 1.29 is 9.13 Å². The SMILES string of the molecule is COc1ccc(Cc2nn(-c3ccc(F)cc3)c3c2CCN3)cc1. The Bertz CT molecular complexity index is 854. The minimum absolute atomic E-state index is 0.242. The van der Waals surface area contributed by atoms with Crippen molar-refractivity contribution in [3.63, 3.8) is 0 Å². The molecule has 0 radical (unpaired) electrons. The standard InChI is InChI=1S/C19H18FN3O/c1-24-16-8-2-13(3-9-16)12-18-17-10-11-21-19(17)23(22-18)15-6-4-14(20)5-7-15/h2-9,21H,10-12H2,1H3. The van der Waals surface area contributed by atoms with Gasteiger partial charge in [0.05, 0.1) is 18.5 Å². The minimum atomic E-state index is -0.242. The lowest BCUT2D eigenvalue weighted by Gasteiger charge is -2.06. The highest BCUT2D eigenvalue weighted by Gasteiger charge is 2.23. The maximum atomic E-state index is 13.2. The fourth-order valence-corrected chi connectivity index (χ4v) is 3.09. The number of hydrogen-bond acceptors (Lipinski definition) is 3. The van der Waals surface area contributed by atoms with Crippen LogP contribution in [0, 0.1) is 5.82 Å². The minimum Gasteiger partial charge on any atom is -0.497 e. The van der Waals surface area contributed by atoms with Gasteiger partial charge >= 0.3 is 0 Å². The van der Waals surface area contributed by atoms with Crippen LogP contribution in [0.3, 0.4) is 0 Å². The molecule has 2 heterocycles. The van der Waals surface area contributed by atoms with Gasteiger partial charge in [0.2, 0.25) is 0 Å². The van der Waals surface area contributed by atoms with E-state index in [0.717, 1.165) is 42.3 Å². The van der Waals surface area contributed by atoms with E-state index in [1.807, 2.05) is 16.8 Å². The van der Waals surface area contributed by atoms with Gasteiger partial charge in [-0.05, 0) is 48.4 Å². The summed E-state index contributed by atoms with van der Waals surface area (Å²) in [6, 6.07) is 14.5. The first-order valence-electron chi connectivity index (χ1n) is 7.98. The second kappa shape index (κ2) is 6.00. The van der Waals surface area contributed by atoms with Gasteiger partial charge in [0, 0.05) is 18.5 Å². The van der Waals surface area contributed by atoms with Gasteiger partial charge in [-0.2, -0.15) is 5.10 Å². The molecule has 5 heteroatoms. The maximum absolute atomic E-state index is 13.2. The molecule has 0 bridgehead atoms. The van der Waals surface area contributed by atoms with Crippen LogP contribution in [0.5, 0.6) is 5.75 Å². The van der Waals surface area contributed by atoms with E-state index in [-0.39, 0.29) is 5.82 Å². The highest BCUT2D eigenvalue weighted by Crippen LogP contribution is 2.30. The molecule has 122 valence electrons. The van der Waals surface area contributed by atoms with Gasteiger partial charge in [-0.15, -0.1) is 0 Å². The molecule has 1 aliphatic rings. The van der Waals surface area contributed by atoms with Gasteiger partial charge < -0.3 is 10.1 Å². The number of anilines is 1. The fraction of sp³-hybridized carbons (Fsp3) is 0.211. The predicted octanol–water partition coefficient (Wildman–Crippen LogP) is 3.58. The molecule has 0 unspecified atom stereocenters. The fourth-order valence-electron chi connectivity index (χ4n) is 3.09. The molecule has 0 saturated heterocycles. The van der Waals surface area contributed by atoms with Crippen LogP contribution in [-0.4, -0.2) is 23.4 Å². The summed E-state index contributed by atoms with van der Waals surface area (Å²) >= 11 is 0. The molecule has 0 fully saturated rings. The van der Waals surface area contributed by atoms with Crippen molar-refractivity contribution in [3.05, 3.63) is 71.2 Å². The molecule has 4 rings (SSSR count). The molecule has 0 aliphatic carbocycles. The molecule has 1 aliphatic heterocycles. The Morgan fingerprint density at radius 3 is 2.58 bits per heavy atom. The Hall–Kier alpha value is -2.82. The molecule has 0 spiro atoms. The third-order valence-corrected chi connectivity index (χ3v) is 4.34. The van der Waals surface area contributed by atoms with Crippen molar-refractivity contribution in [2.45, 2.75) is 12.8 Å². The maximum Gasteiger partial charge on any atom is 0.133 e. The van der Waals surface area contributed by atoms with Crippen LogP contribution < -0.4 is 10.1 Å². The van der Waals surface area contributed by atoms with Gasteiger partial charge in [-0.25, -0.2) is 9.07 Å². The zero-order chi connectivity index (χ0) is 16.5. The van der Waals surface area contributed by atoms with Crippen molar-refractivity contribution >= 4 is 5.82 Å². The molecule has 1 N–H and O–H groups in total. The van der Waals surface area contributed by atoms with E-state index in [1.165, 1.54) is 23.3 Å². The summed E-state index contributed by atoms with van der Waals surface area (Å²) in [5.41, 5.74) is 4.36. The van der Waals surface area contributed by atoms with Crippen molar-refractivity contribution in [1.29, 1.82) is 0 Å². The quantitative estimate of drug-likeness (QED) is 0.798. The number of nitrogens with zero attached hydrogens (tertiary/aromatic N) is 2. The Balaban J connectivity index is 1.68. The highest BCUT2D eigenvalue weighted by molar-refractivity contribution is 5.57. The Kier molecular flexibility index (Phi) is 3.69. The summed E-state index contributed by atoms with van der Waals surface area (Å²) in [6.07, 6.45) is 1.73. The zero-order valence-electron chi connectivity index (χ0n) is 13.4. The number of fused-ring (bicyclic) bond motifs is 1. The summed E-state index contributed by atoms with van der Waals surface area (Å²) in [6.45, 7) is 0.907. The second-order valence-corrected chi connectivity index (χ2v) is 5.86. The first-order valence-corrected chi connectivity index (χ1v) is 7.98. The summed E-state index contributed by atoms with van der Waals surface area (Å²) in [4.78, 5) is 0. The molecule has 4 nitrogen and oxygen atoms in total. The Morgan fingerprint density at radius 1 is 1.12 bits per heavy atom. The van der Waals surface area contributed by atoms with Crippen LogP contribution in [0.15, 0.2) is 48.5 Å². The molecular weight excluding hydrogens is 305 g/mol. The van der Waals surface area contributed by atoms with E-state index in [0.29, 0.717) is 0 Å². The van der Waals surface area contributed by atoms with Gasteiger partial charge in [-0.1, -0.05) is 12.1 Å². The molecular formula is C19H18FN3O. The number of ether oxygens (including phenoxy) is 1. The average molecular weight is 323 g/mol. The van der Waals surface area contributed by atoms with Crippen LogP contribution in [0.4, 0.5) is 10.2 Å². The number of hydrogen-bond donors (Lipinski definition) is 1. The lowest BCUT2D eigenvalue weighted by atomic mass is 10.1. The number of benzene rings is 2. The molecule has 0 atom stereocenters. The Morgan fingerprint density at radius 2 is 1.88 bits per heavy atom. The van der Waals surface area contributed by atoms with Gasteiger partial charge in [0.15, 0.2) is 0 Å². The number of halogens is 1. The summed E-state index contributed by atoms with van der Waals surface area (Å²) in [7, 11) is 1.66. The first kappa shape index (κ1) is 14.8. The third-order valence-electron chi connectivity index (χ3n) is 4.34. The van der Waals surface area contributed by atoms with Crippen LogP contribution in [0.25, 0.3) is 5.69 Å². The first-order chi connectivity index (χ1) is 11.7. The summed E-state index contributed by atoms with van der Waals surface area (Å²) in [5, 5.41) is 8.16. The smallest absolute Gasteiger partial charge is 0.133 e. The number of aromatic nitrogens is 2. The number of methoxy groups -OCH3 is 1. The van der Waals surface area contributed by atoms with Crippen LogP contribution in [0.1, 0.15) is 16.8 Å². The normalized spacial score (nSPS) is 12.8. The lowest BCUT2D eigenvalue weighted by molar-refractivity contribution is 0.414. The lowest BCUT2D eigenvalue weighted by Crippen LogP contribution is -2.05. The van der Waals surface area contributed by atoms with Crippen LogP contribution >= 0.6 is 0 Å². The van der Waals surface area contributed by atoms with E-state index in [2.05, 4.69) is 17.4 Å². The molecule has 0 saturated carbocycles. The Labute approximate surface area is 139 Å². The van der Waals surface area contributed by atoms with E-state index in [1.54, 1.807) is 19.2 Å². The van der Waals surface area contributed by atoms with Gasteiger partial charge in [0.25, 0.3) is 0 Å². The summed E-state index contributed by atoms with van der Waals surface area (Å²) in [5.74, 6) is 1.63. The van der Waals surface area contributed by atoms with Crippen LogP contribution in [0.2, 0.25) is 0 Å². The molecule has 3 aromatic rings. The van der Waals surface area contributed by atoms with Crippen molar-refractivity contribution in [3.8, 4) is 11.4 Å². The molecule has 1 aromatic heterocycles. The van der Waals surface area contributed by atoms with Crippen molar-refractivity contribution in [2.24, 2.45) is 0 Å². The van der Waals surface area contributed by atoms with Crippen molar-refractivity contribution in [2.75, 3.05) is 19.0 Å². The van der Waals surface area contributed by atoms with Crippen LogP contribution in [-0.2, 0) is 12.8 Å². The van der Waals surface area contributed by atoms with Crippen molar-refractivity contribution in [1.82, 2.24) is 9.78 Å². The largest absolute Gasteiger partial charge is 0.497 e. The molecule has 0 amide bonds. The number of rotatable bonds is 4. The monoisotopic (exact) mass is 323 g/mol. The third kappa shape index (κ3) is 2.62. The highest BCUT2D eigenvalue weighted by atomic mass is 19.1. The van der Waals surface area contributed by atoms with Gasteiger partial charge in [0.1, 0.15) is 17.4 Å². The van der Waals surface area contributed by atoms with E-state index in [4.69, 9.17) is 9.84 Å². The second-order valence-electron chi connectivity index (χ2n) is 5.86. The van der Waals surface area contributed by atoms with Gasteiger partial charge in [-0.3, -0.25) is 0 Å². The summed E-state index contributed by atoms with van der Waals surface area (Å²) < 4.78 is 20.3. The average Bonchev–Trinajstić information content (AvgIpc) is 3.20. The molecule has 24 heavy (non-hydrogen) atoms. The zero-order valence-corrected chi connectivity index (χ0v) is 13.4. The molecule has 2 aromatic carbocycles. The van der Waals surface area contributed by atoms with E-state index >= 15 is 0 Å². The predicted molar refractivity (Wildman–Crippen MR) is 91.5 cm³/mol. The van der Waals surface area contributed by atoms with E-state index < -0.39 is 0 Å². The van der Waals surface area contributed by atoms with E-state index in [9.17, 15) is 4.39 Å². The topological polar surface area (TPSA) is 39.1 Å². The number of nitrogens with one attached hydrogen (secondary N) is 1.